The number of thiophene rings is 2. The summed E-state index contributed by atoms with van der Waals surface area (Å²) in [7, 11) is 0. The molecule has 2 heterocycles. The minimum absolute atomic E-state index is 0.933. The molecule has 0 bridgehead atoms. The lowest BCUT2D eigenvalue weighted by Gasteiger charge is -1.98. The van der Waals surface area contributed by atoms with Crippen LogP contribution in [0.4, 0.5) is 10.0 Å². The summed E-state index contributed by atoms with van der Waals surface area (Å²) >= 11 is 3.20. The van der Waals surface area contributed by atoms with Gasteiger partial charge in [0.25, 0.3) is 0 Å². The lowest BCUT2D eigenvalue weighted by atomic mass is 10.1. The van der Waals surface area contributed by atoms with Gasteiger partial charge in [0.05, 0.1) is 0 Å². The molecule has 0 fully saturated rings. The molecule has 4 heteroatoms. The first-order valence-electron chi connectivity index (χ1n) is 5.51. The van der Waals surface area contributed by atoms with Crippen molar-refractivity contribution in [3.05, 3.63) is 59.3 Å². The first kappa shape index (κ1) is 11.3. The minimum Gasteiger partial charge on any atom is -0.139 e. The van der Waals surface area contributed by atoms with Crippen LogP contribution in [0.5, 0.6) is 0 Å². The van der Waals surface area contributed by atoms with Gasteiger partial charge in [-0.1, -0.05) is 30.3 Å². The fraction of sp³-hybridized carbons (Fsp3) is 0. The molecule has 1 aromatic carbocycles. The van der Waals surface area contributed by atoms with E-state index in [1.54, 1.807) is 22.7 Å². The highest BCUT2D eigenvalue weighted by molar-refractivity contribution is 7.14. The Bertz CT molecular complexity index is 640. The molecule has 0 aliphatic rings. The van der Waals surface area contributed by atoms with E-state index >= 15 is 0 Å². The van der Waals surface area contributed by atoms with Crippen LogP contribution in [0.25, 0.3) is 11.1 Å². The van der Waals surface area contributed by atoms with E-state index in [0.717, 1.165) is 15.6 Å². The minimum atomic E-state index is 0.933. The molecule has 0 atom stereocenters. The van der Waals surface area contributed by atoms with Gasteiger partial charge in [-0.25, -0.2) is 0 Å². The second-order valence-corrected chi connectivity index (χ2v) is 5.48. The van der Waals surface area contributed by atoms with E-state index in [0.29, 0.717) is 0 Å². The van der Waals surface area contributed by atoms with Gasteiger partial charge in [-0.3, -0.25) is 0 Å². The molecule has 3 rings (SSSR count). The highest BCUT2D eigenvalue weighted by Gasteiger charge is 2.05. The fourth-order valence-corrected chi connectivity index (χ4v) is 2.91. The maximum Gasteiger partial charge on any atom is 0.146 e. The zero-order valence-electron chi connectivity index (χ0n) is 9.48. The van der Waals surface area contributed by atoms with Crippen LogP contribution in [-0.4, -0.2) is 0 Å². The predicted molar refractivity (Wildman–Crippen MR) is 78.3 cm³/mol. The summed E-state index contributed by atoms with van der Waals surface area (Å²) in [5, 5.41) is 14.5. The Balaban J connectivity index is 1.93. The SMILES string of the molecule is c1ccc(-c2ccsc2N=Nc2cccs2)cc1. The van der Waals surface area contributed by atoms with E-state index in [4.69, 9.17) is 0 Å². The monoisotopic (exact) mass is 270 g/mol. The van der Waals surface area contributed by atoms with Gasteiger partial charge in [-0.2, -0.15) is 0 Å². The van der Waals surface area contributed by atoms with Gasteiger partial charge >= 0.3 is 0 Å². The van der Waals surface area contributed by atoms with Crippen molar-refractivity contribution in [1.29, 1.82) is 0 Å². The standard InChI is InChI=1S/C14H10N2S2/c1-2-5-11(6-3-1)12-8-10-18-14(12)16-15-13-7-4-9-17-13/h1-10H. The molecule has 0 N–H and O–H groups in total. The average Bonchev–Trinajstić information content (AvgIpc) is 3.09. The van der Waals surface area contributed by atoms with Gasteiger partial charge in [-0.05, 0) is 34.5 Å². The van der Waals surface area contributed by atoms with Crippen molar-refractivity contribution >= 4 is 32.7 Å². The van der Waals surface area contributed by atoms with E-state index in [9.17, 15) is 0 Å². The van der Waals surface area contributed by atoms with Crippen LogP contribution < -0.4 is 0 Å². The van der Waals surface area contributed by atoms with Crippen molar-refractivity contribution in [3.8, 4) is 11.1 Å². The number of hydrogen-bond donors (Lipinski definition) is 0. The number of hydrogen-bond acceptors (Lipinski definition) is 4. The molecule has 2 nitrogen and oxygen atoms in total. The smallest absolute Gasteiger partial charge is 0.139 e. The highest BCUT2D eigenvalue weighted by Crippen LogP contribution is 2.36. The number of azo groups is 1. The Morgan fingerprint density at radius 2 is 1.61 bits per heavy atom. The maximum atomic E-state index is 4.34. The second kappa shape index (κ2) is 5.25. The summed E-state index contributed by atoms with van der Waals surface area (Å²) in [5.74, 6) is 0. The summed E-state index contributed by atoms with van der Waals surface area (Å²) in [6, 6.07) is 16.3. The van der Waals surface area contributed by atoms with Gasteiger partial charge in [0.15, 0.2) is 0 Å². The van der Waals surface area contributed by atoms with Crippen molar-refractivity contribution in [1.82, 2.24) is 0 Å². The van der Waals surface area contributed by atoms with E-state index in [1.807, 2.05) is 41.1 Å². The quantitative estimate of drug-likeness (QED) is 0.530. The topological polar surface area (TPSA) is 24.7 Å². The summed E-state index contributed by atoms with van der Waals surface area (Å²) < 4.78 is 0. The summed E-state index contributed by atoms with van der Waals surface area (Å²) in [6.45, 7) is 0. The maximum absolute atomic E-state index is 4.34. The first-order chi connectivity index (χ1) is 8.93. The molecular weight excluding hydrogens is 260 g/mol. The number of rotatable bonds is 3. The Morgan fingerprint density at radius 3 is 2.39 bits per heavy atom. The van der Waals surface area contributed by atoms with Gasteiger partial charge in [-0.15, -0.1) is 32.9 Å². The Labute approximate surface area is 113 Å². The molecule has 0 spiro atoms. The molecule has 0 saturated heterocycles. The normalized spacial score (nSPS) is 11.1. The van der Waals surface area contributed by atoms with Crippen molar-refractivity contribution < 1.29 is 0 Å². The van der Waals surface area contributed by atoms with E-state index in [1.165, 1.54) is 5.56 Å². The van der Waals surface area contributed by atoms with Crippen LogP contribution in [0.15, 0.2) is 69.5 Å². The highest BCUT2D eigenvalue weighted by atomic mass is 32.1. The van der Waals surface area contributed by atoms with E-state index < -0.39 is 0 Å². The lowest BCUT2D eigenvalue weighted by molar-refractivity contribution is 1.28. The van der Waals surface area contributed by atoms with Crippen molar-refractivity contribution in [2.45, 2.75) is 0 Å². The molecule has 0 aliphatic heterocycles. The molecule has 2 aromatic heterocycles. The zero-order valence-corrected chi connectivity index (χ0v) is 11.1. The lowest BCUT2D eigenvalue weighted by Crippen LogP contribution is -1.71. The number of nitrogens with zero attached hydrogens (tertiary/aromatic N) is 2. The Hall–Kier alpha value is -1.78. The van der Waals surface area contributed by atoms with Crippen LogP contribution in [0.1, 0.15) is 0 Å². The first-order valence-corrected chi connectivity index (χ1v) is 7.27. The van der Waals surface area contributed by atoms with Gasteiger partial charge < -0.3 is 0 Å². The largest absolute Gasteiger partial charge is 0.146 e. The zero-order chi connectivity index (χ0) is 12.2. The summed E-state index contributed by atoms with van der Waals surface area (Å²) in [5.41, 5.74) is 2.32. The molecule has 0 radical (unpaired) electrons. The van der Waals surface area contributed by atoms with Crippen LogP contribution in [0, 0.1) is 0 Å². The molecular formula is C14H10N2S2. The van der Waals surface area contributed by atoms with Crippen molar-refractivity contribution in [2.24, 2.45) is 10.2 Å². The van der Waals surface area contributed by atoms with Crippen LogP contribution in [0.3, 0.4) is 0 Å². The second-order valence-electron chi connectivity index (χ2n) is 3.66. The van der Waals surface area contributed by atoms with Crippen LogP contribution >= 0.6 is 22.7 Å². The molecule has 0 aliphatic carbocycles. The summed E-state index contributed by atoms with van der Waals surface area (Å²) in [4.78, 5) is 0. The van der Waals surface area contributed by atoms with Crippen molar-refractivity contribution in [2.75, 3.05) is 0 Å². The molecule has 3 aromatic rings. The van der Waals surface area contributed by atoms with Crippen LogP contribution in [-0.2, 0) is 0 Å². The molecule has 18 heavy (non-hydrogen) atoms. The molecule has 0 amide bonds. The van der Waals surface area contributed by atoms with Gasteiger partial charge in [0.2, 0.25) is 0 Å². The van der Waals surface area contributed by atoms with Gasteiger partial charge in [0, 0.05) is 5.56 Å². The molecule has 0 unspecified atom stereocenters. The van der Waals surface area contributed by atoms with Crippen molar-refractivity contribution in [3.63, 3.8) is 0 Å². The van der Waals surface area contributed by atoms with Gasteiger partial charge in [0.1, 0.15) is 10.0 Å². The predicted octanol–water partition coefficient (Wildman–Crippen LogP) is 5.89. The van der Waals surface area contributed by atoms with E-state index in [2.05, 4.69) is 28.4 Å². The third-order valence-electron chi connectivity index (χ3n) is 2.48. The third kappa shape index (κ3) is 2.39. The van der Waals surface area contributed by atoms with E-state index in [-0.39, 0.29) is 0 Å². The number of benzene rings is 1. The summed E-state index contributed by atoms with van der Waals surface area (Å²) in [6.07, 6.45) is 0. The van der Waals surface area contributed by atoms with Crippen LogP contribution in [0.2, 0.25) is 0 Å². The Morgan fingerprint density at radius 1 is 0.722 bits per heavy atom. The average molecular weight is 270 g/mol. The Kier molecular flexibility index (Phi) is 3.30. The fourth-order valence-electron chi connectivity index (χ4n) is 1.64. The molecule has 88 valence electrons. The molecule has 0 saturated carbocycles. The third-order valence-corrected chi connectivity index (χ3v) is 4.02.